The van der Waals surface area contributed by atoms with Gasteiger partial charge in [-0.15, -0.1) is 0 Å². The second kappa shape index (κ2) is 8.13. The van der Waals surface area contributed by atoms with Crippen LogP contribution < -0.4 is 10.3 Å². The van der Waals surface area contributed by atoms with Crippen molar-refractivity contribution in [3.63, 3.8) is 0 Å². The number of pyridine rings is 1. The number of hydrogen-bond donors (Lipinski definition) is 1. The number of rotatable bonds is 7. The number of anilines is 1. The van der Waals surface area contributed by atoms with Gasteiger partial charge in [0.15, 0.2) is 6.20 Å². The predicted molar refractivity (Wildman–Crippen MR) is 91.2 cm³/mol. The fraction of sp³-hybridized carbons (Fsp3) is 0.412. The Morgan fingerprint density at radius 2 is 2.17 bits per heavy atom. The van der Waals surface area contributed by atoms with Crippen LogP contribution in [0.1, 0.15) is 29.3 Å². The molecule has 0 bridgehead atoms. The van der Waals surface area contributed by atoms with Crippen LogP contribution in [0.4, 0.5) is 5.69 Å². The topological polar surface area (TPSA) is 61.7 Å². The number of ether oxygens (including phenoxy) is 2. The molecule has 0 aliphatic carbocycles. The van der Waals surface area contributed by atoms with Gasteiger partial charge in [0.1, 0.15) is 5.56 Å². The summed E-state index contributed by atoms with van der Waals surface area (Å²) in [4.78, 5) is 15.4. The monoisotopic (exact) mass is 337 g/mol. The normalized spacial score (nSPS) is 10.8. The van der Waals surface area contributed by atoms with Crippen LogP contribution in [0.2, 0.25) is 5.02 Å². The lowest BCUT2D eigenvalue weighted by Gasteiger charge is -2.12. The van der Waals surface area contributed by atoms with Crippen molar-refractivity contribution in [2.24, 2.45) is 0 Å². The van der Waals surface area contributed by atoms with Crippen molar-refractivity contribution in [1.29, 1.82) is 0 Å². The molecule has 124 valence electrons. The maximum absolute atomic E-state index is 12.2. The third-order valence-corrected chi connectivity index (χ3v) is 3.74. The summed E-state index contributed by atoms with van der Waals surface area (Å²) < 4.78 is 10.2. The highest BCUT2D eigenvalue weighted by molar-refractivity contribution is 6.31. The van der Waals surface area contributed by atoms with E-state index in [1.807, 2.05) is 19.1 Å². The predicted octanol–water partition coefficient (Wildman–Crippen LogP) is 3.24. The highest BCUT2D eigenvalue weighted by Gasteiger charge is 2.21. The number of aryl methyl sites for hydroxylation is 1. The Morgan fingerprint density at radius 3 is 2.87 bits per heavy atom. The van der Waals surface area contributed by atoms with Crippen molar-refractivity contribution in [1.82, 2.24) is 0 Å². The molecule has 0 saturated carbocycles. The molecule has 0 fully saturated rings. The van der Waals surface area contributed by atoms with Gasteiger partial charge >= 0.3 is 5.97 Å². The highest BCUT2D eigenvalue weighted by Crippen LogP contribution is 2.29. The standard InChI is InChI=1S/C17H21ClN2O3/c1-4-23-17(21)14-10-20-15-11(2)8-12(18)9-13(15)16(14)19-6-5-7-22-3/h8-10H,4-7H2,1-3H3,(H,19,20)/p+1. The molecule has 2 rings (SSSR count). The first kappa shape index (κ1) is 17.5. The van der Waals surface area contributed by atoms with Crippen molar-refractivity contribution in [2.45, 2.75) is 20.3 Å². The van der Waals surface area contributed by atoms with Gasteiger partial charge in [0, 0.05) is 30.8 Å². The summed E-state index contributed by atoms with van der Waals surface area (Å²) in [6, 6.07) is 3.74. The van der Waals surface area contributed by atoms with Crippen LogP contribution in [-0.2, 0) is 9.47 Å². The Hall–Kier alpha value is -1.85. The molecule has 5 nitrogen and oxygen atoms in total. The van der Waals surface area contributed by atoms with Crippen molar-refractivity contribution in [3.05, 3.63) is 34.5 Å². The summed E-state index contributed by atoms with van der Waals surface area (Å²) in [5.41, 5.74) is 3.16. The summed E-state index contributed by atoms with van der Waals surface area (Å²) in [7, 11) is 1.67. The SMILES string of the molecule is CCOC(=O)c1c[nH+]c2c(C)cc(Cl)cc2c1NCCCOC. The van der Waals surface area contributed by atoms with E-state index in [2.05, 4.69) is 10.3 Å². The van der Waals surface area contributed by atoms with Crippen LogP contribution in [0.5, 0.6) is 0 Å². The summed E-state index contributed by atoms with van der Waals surface area (Å²) in [5.74, 6) is -0.363. The van der Waals surface area contributed by atoms with Gasteiger partial charge in [0.25, 0.3) is 0 Å². The molecular weight excluding hydrogens is 316 g/mol. The van der Waals surface area contributed by atoms with E-state index in [1.165, 1.54) is 0 Å². The van der Waals surface area contributed by atoms with Gasteiger partial charge in [0.2, 0.25) is 5.52 Å². The molecular formula is C17H22ClN2O3+. The number of nitrogens with one attached hydrogen (secondary N) is 2. The van der Waals surface area contributed by atoms with Crippen molar-refractivity contribution in [3.8, 4) is 0 Å². The molecule has 0 spiro atoms. The number of halogens is 1. The Bertz CT molecular complexity index is 704. The molecule has 1 aromatic carbocycles. The van der Waals surface area contributed by atoms with E-state index in [4.69, 9.17) is 21.1 Å². The van der Waals surface area contributed by atoms with E-state index in [0.29, 0.717) is 30.3 Å². The zero-order valence-electron chi connectivity index (χ0n) is 13.7. The van der Waals surface area contributed by atoms with Gasteiger partial charge in [-0.05, 0) is 32.4 Å². The van der Waals surface area contributed by atoms with Gasteiger partial charge < -0.3 is 14.8 Å². The first-order valence-corrected chi connectivity index (χ1v) is 8.00. The maximum Gasteiger partial charge on any atom is 0.346 e. The van der Waals surface area contributed by atoms with Crippen molar-refractivity contribution < 1.29 is 19.3 Å². The lowest BCUT2D eigenvalue weighted by Crippen LogP contribution is -2.17. The van der Waals surface area contributed by atoms with Crippen LogP contribution in [0, 0.1) is 6.92 Å². The van der Waals surface area contributed by atoms with E-state index in [-0.39, 0.29) is 5.97 Å². The van der Waals surface area contributed by atoms with Gasteiger partial charge in [0.05, 0.1) is 17.7 Å². The number of aromatic amines is 1. The molecule has 2 N–H and O–H groups in total. The Kier molecular flexibility index (Phi) is 6.19. The fourth-order valence-corrected chi connectivity index (χ4v) is 2.76. The minimum absolute atomic E-state index is 0.328. The minimum Gasteiger partial charge on any atom is -0.462 e. The largest absolute Gasteiger partial charge is 0.462 e. The zero-order valence-corrected chi connectivity index (χ0v) is 14.4. The summed E-state index contributed by atoms with van der Waals surface area (Å²) in [6.07, 6.45) is 2.51. The van der Waals surface area contributed by atoms with E-state index < -0.39 is 0 Å². The molecule has 1 heterocycles. The molecule has 0 unspecified atom stereocenters. The smallest absolute Gasteiger partial charge is 0.346 e. The first-order chi connectivity index (χ1) is 11.1. The van der Waals surface area contributed by atoms with Gasteiger partial charge in [-0.25, -0.2) is 9.78 Å². The lowest BCUT2D eigenvalue weighted by molar-refractivity contribution is -0.345. The van der Waals surface area contributed by atoms with E-state index >= 15 is 0 Å². The van der Waals surface area contributed by atoms with E-state index in [0.717, 1.165) is 28.6 Å². The van der Waals surface area contributed by atoms with Crippen LogP contribution in [0.15, 0.2) is 18.3 Å². The second-order valence-electron chi connectivity index (χ2n) is 5.22. The third kappa shape index (κ3) is 4.12. The van der Waals surface area contributed by atoms with Crippen LogP contribution >= 0.6 is 11.6 Å². The number of carbonyl (C=O) groups excluding carboxylic acids is 1. The molecule has 0 saturated heterocycles. The Balaban J connectivity index is 2.49. The summed E-state index contributed by atoms with van der Waals surface area (Å²) >= 11 is 6.19. The van der Waals surface area contributed by atoms with Crippen LogP contribution in [0.25, 0.3) is 10.9 Å². The van der Waals surface area contributed by atoms with Crippen molar-refractivity contribution >= 4 is 34.2 Å². The number of esters is 1. The molecule has 6 heteroatoms. The number of hydrogen-bond acceptors (Lipinski definition) is 4. The highest BCUT2D eigenvalue weighted by atomic mass is 35.5. The van der Waals surface area contributed by atoms with Gasteiger partial charge in [-0.3, -0.25) is 0 Å². The molecule has 0 aliphatic heterocycles. The maximum atomic E-state index is 12.2. The lowest BCUT2D eigenvalue weighted by atomic mass is 10.1. The summed E-state index contributed by atoms with van der Waals surface area (Å²) in [5, 5.41) is 4.83. The number of fused-ring (bicyclic) bond motifs is 1. The first-order valence-electron chi connectivity index (χ1n) is 7.63. The van der Waals surface area contributed by atoms with Crippen LogP contribution in [-0.4, -0.2) is 32.8 Å². The third-order valence-electron chi connectivity index (χ3n) is 3.52. The average molecular weight is 338 g/mol. The Morgan fingerprint density at radius 1 is 1.39 bits per heavy atom. The summed E-state index contributed by atoms with van der Waals surface area (Å²) in [6.45, 7) is 5.43. The molecule has 0 amide bonds. The Labute approximate surface area is 140 Å². The zero-order chi connectivity index (χ0) is 16.8. The minimum atomic E-state index is -0.363. The molecule has 2 aromatic rings. The van der Waals surface area contributed by atoms with Crippen molar-refractivity contribution in [2.75, 3.05) is 32.2 Å². The molecule has 23 heavy (non-hydrogen) atoms. The molecule has 0 radical (unpaired) electrons. The molecule has 0 atom stereocenters. The van der Waals surface area contributed by atoms with Gasteiger partial charge in [-0.1, -0.05) is 11.6 Å². The molecule has 1 aromatic heterocycles. The van der Waals surface area contributed by atoms with Gasteiger partial charge in [-0.2, -0.15) is 0 Å². The number of H-pyrrole nitrogens is 1. The number of aromatic nitrogens is 1. The molecule has 0 aliphatic rings. The van der Waals surface area contributed by atoms with E-state index in [9.17, 15) is 4.79 Å². The quantitative estimate of drug-likeness (QED) is 0.622. The van der Waals surface area contributed by atoms with Crippen LogP contribution in [0.3, 0.4) is 0 Å². The number of benzene rings is 1. The average Bonchev–Trinajstić information content (AvgIpc) is 2.51. The second-order valence-corrected chi connectivity index (χ2v) is 5.65. The number of methoxy groups -OCH3 is 1. The van der Waals surface area contributed by atoms with E-state index in [1.54, 1.807) is 20.2 Å². The fourth-order valence-electron chi connectivity index (χ4n) is 2.48. The number of carbonyl (C=O) groups is 1.